The minimum Gasteiger partial charge on any atom is -0.371 e. The lowest BCUT2D eigenvalue weighted by molar-refractivity contribution is -0.354. The van der Waals surface area contributed by atoms with Gasteiger partial charge in [0, 0.05) is 5.92 Å². The molecule has 3 aliphatic heterocycles. The van der Waals surface area contributed by atoms with Crippen LogP contribution in [-0.4, -0.2) is 44.1 Å². The average Bonchev–Trinajstić information content (AvgIpc) is 3.05. The van der Waals surface area contributed by atoms with Crippen molar-refractivity contribution in [3.05, 3.63) is 35.9 Å². The van der Waals surface area contributed by atoms with Crippen LogP contribution in [0, 0.1) is 17.3 Å². The number of hydrogen-bond donors (Lipinski definition) is 0. The van der Waals surface area contributed by atoms with Gasteiger partial charge >= 0.3 is 0 Å². The summed E-state index contributed by atoms with van der Waals surface area (Å²) >= 11 is 0. The van der Waals surface area contributed by atoms with Crippen LogP contribution in [-0.2, 0) is 30.3 Å². The van der Waals surface area contributed by atoms with Crippen molar-refractivity contribution in [3.63, 3.8) is 0 Å². The molecule has 0 aromatic heterocycles. The molecule has 142 valence electrons. The van der Waals surface area contributed by atoms with E-state index >= 15 is 0 Å². The molecular formula is C21H28O5. The largest absolute Gasteiger partial charge is 0.371 e. The van der Waals surface area contributed by atoms with Crippen LogP contribution in [0.15, 0.2) is 30.3 Å². The molecule has 1 aromatic rings. The van der Waals surface area contributed by atoms with Gasteiger partial charge in [-0.25, -0.2) is 0 Å². The summed E-state index contributed by atoms with van der Waals surface area (Å²) < 4.78 is 30.5. The smallest absolute Gasteiger partial charge is 0.184 e. The summed E-state index contributed by atoms with van der Waals surface area (Å²) in [4.78, 5) is 0. The van der Waals surface area contributed by atoms with Crippen molar-refractivity contribution in [2.24, 2.45) is 17.3 Å². The highest BCUT2D eigenvalue weighted by atomic mass is 16.8. The summed E-state index contributed by atoms with van der Waals surface area (Å²) in [6.07, 6.45) is 1.95. The summed E-state index contributed by atoms with van der Waals surface area (Å²) in [6.45, 7) is 6.34. The van der Waals surface area contributed by atoms with Crippen molar-refractivity contribution in [2.75, 3.05) is 13.2 Å². The van der Waals surface area contributed by atoms with Crippen molar-refractivity contribution < 1.29 is 23.7 Å². The Bertz CT molecular complexity index is 633. The van der Waals surface area contributed by atoms with Crippen LogP contribution in [0.1, 0.15) is 32.3 Å². The highest BCUT2D eigenvalue weighted by molar-refractivity contribution is 5.13. The molecule has 5 heteroatoms. The fraction of sp³-hybridized carbons (Fsp3) is 0.714. The van der Waals surface area contributed by atoms with Crippen LogP contribution in [0.4, 0.5) is 0 Å². The highest BCUT2D eigenvalue weighted by Crippen LogP contribution is 2.53. The molecule has 0 radical (unpaired) electrons. The van der Waals surface area contributed by atoms with E-state index in [1.54, 1.807) is 0 Å². The number of fused-ring (bicyclic) bond motifs is 4. The predicted octanol–water partition coefficient (Wildman–Crippen LogP) is 3.12. The Hall–Kier alpha value is -0.980. The molecule has 3 heterocycles. The molecule has 0 amide bonds. The maximum Gasteiger partial charge on any atom is 0.184 e. The summed E-state index contributed by atoms with van der Waals surface area (Å²) in [5.41, 5.74) is 1.41. The second-order valence-corrected chi connectivity index (χ2v) is 8.90. The average molecular weight is 360 g/mol. The number of rotatable bonds is 4. The van der Waals surface area contributed by atoms with Gasteiger partial charge in [0.1, 0.15) is 6.10 Å². The van der Waals surface area contributed by atoms with Gasteiger partial charge in [-0.3, -0.25) is 0 Å². The van der Waals surface area contributed by atoms with Gasteiger partial charge in [0.2, 0.25) is 0 Å². The van der Waals surface area contributed by atoms with Crippen molar-refractivity contribution in [1.82, 2.24) is 0 Å². The first-order valence-corrected chi connectivity index (χ1v) is 9.79. The first-order chi connectivity index (χ1) is 12.6. The molecule has 2 bridgehead atoms. The lowest BCUT2D eigenvalue weighted by atomic mass is 9.61. The van der Waals surface area contributed by atoms with Crippen LogP contribution >= 0.6 is 0 Å². The first kappa shape index (κ1) is 17.1. The molecule has 1 saturated carbocycles. The topological polar surface area (TPSA) is 46.2 Å². The Labute approximate surface area is 154 Å². The van der Waals surface area contributed by atoms with E-state index in [0.29, 0.717) is 31.7 Å². The van der Waals surface area contributed by atoms with E-state index in [-0.39, 0.29) is 36.3 Å². The van der Waals surface area contributed by atoms with E-state index in [2.05, 4.69) is 26.0 Å². The number of benzene rings is 1. The molecule has 0 spiro atoms. The number of ether oxygens (including phenoxy) is 5. The standard InChI is InChI=1S/C21H28O5/c1-21(2)8-14-16-11-23-20(25-16)19-18(14)15(9-21)24-17(26-19)12-22-10-13-6-4-3-5-7-13/h3-7,14-20H,8-12H2,1-2H3/t14?,15?,16-,17?,18-,19-,20-/m0/s1. The maximum atomic E-state index is 6.37. The Morgan fingerprint density at radius 2 is 1.88 bits per heavy atom. The van der Waals surface area contributed by atoms with Gasteiger partial charge in [-0.05, 0) is 29.7 Å². The lowest BCUT2D eigenvalue weighted by Crippen LogP contribution is -2.62. The molecule has 1 aliphatic carbocycles. The fourth-order valence-corrected chi connectivity index (χ4v) is 5.29. The van der Waals surface area contributed by atoms with Gasteiger partial charge < -0.3 is 23.7 Å². The zero-order valence-electron chi connectivity index (χ0n) is 15.5. The minimum atomic E-state index is -0.358. The summed E-state index contributed by atoms with van der Waals surface area (Å²) in [6, 6.07) is 10.2. The van der Waals surface area contributed by atoms with Crippen LogP contribution in [0.3, 0.4) is 0 Å². The molecular weight excluding hydrogens is 332 g/mol. The van der Waals surface area contributed by atoms with E-state index in [1.807, 2.05) is 18.2 Å². The molecule has 1 aromatic carbocycles. The third-order valence-electron chi connectivity index (χ3n) is 6.33. The Morgan fingerprint density at radius 1 is 1.04 bits per heavy atom. The normalized spacial score (nSPS) is 43.1. The van der Waals surface area contributed by atoms with Gasteiger partial charge in [0.05, 0.1) is 32.0 Å². The molecule has 3 unspecified atom stereocenters. The van der Waals surface area contributed by atoms with E-state index < -0.39 is 0 Å². The van der Waals surface area contributed by atoms with E-state index in [4.69, 9.17) is 23.7 Å². The molecule has 3 saturated heterocycles. The molecule has 5 rings (SSSR count). The second kappa shape index (κ2) is 6.57. The zero-order chi connectivity index (χ0) is 17.7. The zero-order valence-corrected chi connectivity index (χ0v) is 15.5. The maximum absolute atomic E-state index is 6.37. The van der Waals surface area contributed by atoms with Crippen LogP contribution in [0.5, 0.6) is 0 Å². The Morgan fingerprint density at radius 3 is 2.73 bits per heavy atom. The van der Waals surface area contributed by atoms with Crippen LogP contribution in [0.2, 0.25) is 0 Å². The Balaban J connectivity index is 1.28. The third kappa shape index (κ3) is 3.10. The van der Waals surface area contributed by atoms with Gasteiger partial charge in [0.25, 0.3) is 0 Å². The molecule has 7 atom stereocenters. The minimum absolute atomic E-state index is 0.0427. The van der Waals surface area contributed by atoms with Gasteiger partial charge in [-0.1, -0.05) is 44.2 Å². The molecule has 4 aliphatic rings. The van der Waals surface area contributed by atoms with E-state index in [0.717, 1.165) is 18.4 Å². The van der Waals surface area contributed by atoms with Gasteiger partial charge in [-0.15, -0.1) is 0 Å². The SMILES string of the molecule is CC1(C)CC2OC(COCc3ccccc3)O[C@@H]3[C@H]4OC[C@H](O4)C(C1)[C@@H]23. The predicted molar refractivity (Wildman–Crippen MR) is 94.2 cm³/mol. The summed E-state index contributed by atoms with van der Waals surface area (Å²) in [5, 5.41) is 0. The fourth-order valence-electron chi connectivity index (χ4n) is 5.29. The van der Waals surface area contributed by atoms with Crippen LogP contribution in [0.25, 0.3) is 0 Å². The summed E-state index contributed by atoms with van der Waals surface area (Å²) in [5.74, 6) is 0.832. The quantitative estimate of drug-likeness (QED) is 0.826. The summed E-state index contributed by atoms with van der Waals surface area (Å²) in [7, 11) is 0. The Kier molecular flexibility index (Phi) is 4.33. The first-order valence-electron chi connectivity index (χ1n) is 9.79. The van der Waals surface area contributed by atoms with Crippen molar-refractivity contribution in [3.8, 4) is 0 Å². The highest BCUT2D eigenvalue weighted by Gasteiger charge is 2.60. The molecule has 26 heavy (non-hydrogen) atoms. The van der Waals surface area contributed by atoms with Crippen molar-refractivity contribution >= 4 is 0 Å². The van der Waals surface area contributed by atoms with Crippen molar-refractivity contribution in [1.29, 1.82) is 0 Å². The second-order valence-electron chi connectivity index (χ2n) is 8.90. The molecule has 0 N–H and O–H groups in total. The van der Waals surface area contributed by atoms with Crippen molar-refractivity contribution in [2.45, 2.75) is 64.2 Å². The third-order valence-corrected chi connectivity index (χ3v) is 6.33. The van der Waals surface area contributed by atoms with E-state index in [9.17, 15) is 0 Å². The molecule has 5 nitrogen and oxygen atoms in total. The monoisotopic (exact) mass is 360 g/mol. The number of hydrogen-bond acceptors (Lipinski definition) is 5. The van der Waals surface area contributed by atoms with E-state index in [1.165, 1.54) is 0 Å². The lowest BCUT2D eigenvalue weighted by Gasteiger charge is -2.55. The molecule has 4 fully saturated rings. The van der Waals surface area contributed by atoms with Gasteiger partial charge in [-0.2, -0.15) is 0 Å². The van der Waals surface area contributed by atoms with Gasteiger partial charge in [0.15, 0.2) is 12.6 Å². The van der Waals surface area contributed by atoms with Crippen LogP contribution < -0.4 is 0 Å².